The van der Waals surface area contributed by atoms with Crippen molar-refractivity contribution in [3.63, 3.8) is 0 Å². The molecule has 0 amide bonds. The molecule has 3 aromatic rings. The van der Waals surface area contributed by atoms with Crippen LogP contribution in [0.15, 0.2) is 24.3 Å². The second-order valence-corrected chi connectivity index (χ2v) is 3.80. The topological polar surface area (TPSA) is 43.1 Å². The van der Waals surface area contributed by atoms with Gasteiger partial charge in [0.15, 0.2) is 5.65 Å². The molecule has 2 aromatic heterocycles. The quantitative estimate of drug-likeness (QED) is 0.620. The Bertz CT molecular complexity index is 669. The Morgan fingerprint density at radius 1 is 1.19 bits per heavy atom. The number of para-hydroxylation sites is 1. The number of fused-ring (bicyclic) bond motifs is 3. The van der Waals surface area contributed by atoms with Gasteiger partial charge in [-0.3, -0.25) is 4.40 Å². The summed E-state index contributed by atoms with van der Waals surface area (Å²) < 4.78 is 2.03. The molecule has 0 atom stereocenters. The molecule has 0 saturated heterocycles. The van der Waals surface area contributed by atoms with E-state index in [1.165, 1.54) is 0 Å². The molecule has 0 fully saturated rings. The fraction of sp³-hybridized carbons (Fsp3) is 0.250. The van der Waals surface area contributed by atoms with Crippen LogP contribution in [0, 0.1) is 6.92 Å². The lowest BCUT2D eigenvalue weighted by Gasteiger charge is -2.05. The van der Waals surface area contributed by atoms with Gasteiger partial charge in [0.2, 0.25) is 0 Å². The van der Waals surface area contributed by atoms with E-state index in [1.807, 2.05) is 35.6 Å². The highest BCUT2D eigenvalue weighted by atomic mass is 15.3. The van der Waals surface area contributed by atoms with Crippen LogP contribution in [0.3, 0.4) is 0 Å². The van der Waals surface area contributed by atoms with Crippen LogP contribution in [0.1, 0.15) is 18.6 Å². The average Bonchev–Trinajstić information content (AvgIpc) is 2.71. The Hall–Kier alpha value is -1.97. The SMILES string of the molecule is CCc1nc2ccccc2c2nnc(C)n12. The van der Waals surface area contributed by atoms with Crippen molar-refractivity contribution in [1.29, 1.82) is 0 Å². The highest BCUT2D eigenvalue weighted by molar-refractivity contribution is 5.91. The van der Waals surface area contributed by atoms with E-state index < -0.39 is 0 Å². The third-order valence-electron chi connectivity index (χ3n) is 2.79. The fourth-order valence-electron chi connectivity index (χ4n) is 2.03. The minimum Gasteiger partial charge on any atom is -0.266 e. The second-order valence-electron chi connectivity index (χ2n) is 3.80. The van der Waals surface area contributed by atoms with E-state index in [0.29, 0.717) is 0 Å². The first-order valence-electron chi connectivity index (χ1n) is 5.40. The smallest absolute Gasteiger partial charge is 0.171 e. The average molecular weight is 212 g/mol. The molecule has 4 heteroatoms. The van der Waals surface area contributed by atoms with E-state index in [4.69, 9.17) is 0 Å². The van der Waals surface area contributed by atoms with Crippen LogP contribution in [-0.2, 0) is 6.42 Å². The van der Waals surface area contributed by atoms with Gasteiger partial charge in [0, 0.05) is 11.8 Å². The summed E-state index contributed by atoms with van der Waals surface area (Å²) in [6.07, 6.45) is 0.875. The maximum absolute atomic E-state index is 4.64. The van der Waals surface area contributed by atoms with Crippen molar-refractivity contribution in [2.75, 3.05) is 0 Å². The zero-order valence-corrected chi connectivity index (χ0v) is 9.31. The predicted octanol–water partition coefficient (Wildman–Crippen LogP) is 2.15. The summed E-state index contributed by atoms with van der Waals surface area (Å²) in [4.78, 5) is 4.64. The fourth-order valence-corrected chi connectivity index (χ4v) is 2.03. The first-order chi connectivity index (χ1) is 7.81. The third-order valence-corrected chi connectivity index (χ3v) is 2.79. The van der Waals surface area contributed by atoms with Crippen molar-refractivity contribution in [1.82, 2.24) is 19.6 Å². The molecule has 0 aliphatic rings. The zero-order valence-electron chi connectivity index (χ0n) is 9.31. The van der Waals surface area contributed by atoms with Gasteiger partial charge in [0.1, 0.15) is 11.6 Å². The van der Waals surface area contributed by atoms with Gasteiger partial charge in [-0.25, -0.2) is 4.98 Å². The minimum atomic E-state index is 0.875. The van der Waals surface area contributed by atoms with Gasteiger partial charge >= 0.3 is 0 Å². The number of benzene rings is 1. The summed E-state index contributed by atoms with van der Waals surface area (Å²) in [5, 5.41) is 9.41. The summed E-state index contributed by atoms with van der Waals surface area (Å²) in [6.45, 7) is 4.05. The van der Waals surface area contributed by atoms with Gasteiger partial charge in [-0.15, -0.1) is 10.2 Å². The maximum atomic E-state index is 4.64. The molecule has 2 heterocycles. The van der Waals surface area contributed by atoms with Crippen molar-refractivity contribution in [3.05, 3.63) is 35.9 Å². The van der Waals surface area contributed by atoms with E-state index in [-0.39, 0.29) is 0 Å². The lowest BCUT2D eigenvalue weighted by Crippen LogP contribution is -2.02. The van der Waals surface area contributed by atoms with Crippen LogP contribution in [0.2, 0.25) is 0 Å². The number of rotatable bonds is 1. The van der Waals surface area contributed by atoms with Crippen molar-refractivity contribution in [3.8, 4) is 0 Å². The Morgan fingerprint density at radius 2 is 2.00 bits per heavy atom. The summed E-state index contributed by atoms with van der Waals surface area (Å²) in [5.41, 5.74) is 1.89. The molecule has 0 aliphatic heterocycles. The molecule has 0 radical (unpaired) electrons. The molecule has 0 saturated carbocycles. The van der Waals surface area contributed by atoms with Gasteiger partial charge in [-0.2, -0.15) is 0 Å². The predicted molar refractivity (Wildman–Crippen MR) is 62.4 cm³/mol. The number of hydrogen-bond acceptors (Lipinski definition) is 3. The maximum Gasteiger partial charge on any atom is 0.171 e. The Morgan fingerprint density at radius 3 is 2.81 bits per heavy atom. The number of aryl methyl sites for hydroxylation is 2. The summed E-state index contributed by atoms with van der Waals surface area (Å²) >= 11 is 0. The summed E-state index contributed by atoms with van der Waals surface area (Å²) in [6, 6.07) is 8.04. The largest absolute Gasteiger partial charge is 0.266 e. The van der Waals surface area contributed by atoms with E-state index in [0.717, 1.165) is 34.6 Å². The van der Waals surface area contributed by atoms with Crippen LogP contribution in [0.5, 0.6) is 0 Å². The van der Waals surface area contributed by atoms with Gasteiger partial charge in [-0.05, 0) is 19.1 Å². The Labute approximate surface area is 93.0 Å². The standard InChI is InChI=1S/C12H12N4/c1-3-11-13-10-7-5-4-6-9(10)12-15-14-8(2)16(11)12/h4-7H,3H2,1-2H3. The monoisotopic (exact) mass is 212 g/mol. The highest BCUT2D eigenvalue weighted by Crippen LogP contribution is 2.19. The van der Waals surface area contributed by atoms with Crippen molar-refractivity contribution < 1.29 is 0 Å². The van der Waals surface area contributed by atoms with E-state index >= 15 is 0 Å². The zero-order chi connectivity index (χ0) is 11.1. The molecule has 3 rings (SSSR count). The number of nitrogens with zero attached hydrogens (tertiary/aromatic N) is 4. The summed E-state index contributed by atoms with van der Waals surface area (Å²) in [5.74, 6) is 1.90. The van der Waals surface area contributed by atoms with Crippen molar-refractivity contribution >= 4 is 16.6 Å². The normalized spacial score (nSPS) is 11.4. The van der Waals surface area contributed by atoms with Crippen molar-refractivity contribution in [2.45, 2.75) is 20.3 Å². The Kier molecular flexibility index (Phi) is 1.89. The van der Waals surface area contributed by atoms with E-state index in [1.54, 1.807) is 0 Å². The second kappa shape index (κ2) is 3.27. The third kappa shape index (κ3) is 1.13. The minimum absolute atomic E-state index is 0.875. The van der Waals surface area contributed by atoms with Gasteiger partial charge in [0.05, 0.1) is 5.52 Å². The van der Waals surface area contributed by atoms with E-state index in [9.17, 15) is 0 Å². The molecule has 0 N–H and O–H groups in total. The van der Waals surface area contributed by atoms with Crippen LogP contribution in [0.25, 0.3) is 16.6 Å². The van der Waals surface area contributed by atoms with Crippen molar-refractivity contribution in [2.24, 2.45) is 0 Å². The lowest BCUT2D eigenvalue weighted by atomic mass is 10.2. The van der Waals surface area contributed by atoms with Gasteiger partial charge < -0.3 is 0 Å². The Balaban J connectivity index is 2.58. The van der Waals surface area contributed by atoms with Gasteiger partial charge in [-0.1, -0.05) is 19.1 Å². The number of aromatic nitrogens is 4. The van der Waals surface area contributed by atoms with Gasteiger partial charge in [0.25, 0.3) is 0 Å². The molecule has 0 aliphatic carbocycles. The highest BCUT2D eigenvalue weighted by Gasteiger charge is 2.10. The van der Waals surface area contributed by atoms with Crippen LogP contribution < -0.4 is 0 Å². The molecule has 80 valence electrons. The molecule has 0 bridgehead atoms. The molecule has 1 aromatic carbocycles. The van der Waals surface area contributed by atoms with Crippen LogP contribution in [-0.4, -0.2) is 19.6 Å². The lowest BCUT2D eigenvalue weighted by molar-refractivity contribution is 0.877. The molecule has 0 unspecified atom stereocenters. The molecular formula is C12H12N4. The molecular weight excluding hydrogens is 200 g/mol. The summed E-state index contributed by atoms with van der Waals surface area (Å²) in [7, 11) is 0. The molecule has 16 heavy (non-hydrogen) atoms. The first kappa shape index (κ1) is 9.27. The number of hydrogen-bond donors (Lipinski definition) is 0. The van der Waals surface area contributed by atoms with E-state index in [2.05, 4.69) is 22.1 Å². The molecule has 4 nitrogen and oxygen atoms in total. The van der Waals surface area contributed by atoms with Crippen LogP contribution >= 0.6 is 0 Å². The molecule has 0 spiro atoms. The first-order valence-corrected chi connectivity index (χ1v) is 5.40. The van der Waals surface area contributed by atoms with Crippen LogP contribution in [0.4, 0.5) is 0 Å².